The van der Waals surface area contributed by atoms with Crippen LogP contribution in [0.4, 0.5) is 0 Å². The minimum absolute atomic E-state index is 0.0651. The molecule has 0 saturated heterocycles. The highest BCUT2D eigenvalue weighted by atomic mass is 16.7. The molecule has 0 aliphatic rings. The van der Waals surface area contributed by atoms with Gasteiger partial charge in [0.15, 0.2) is 6.29 Å². The lowest BCUT2D eigenvalue weighted by molar-refractivity contribution is -0.126. The van der Waals surface area contributed by atoms with Crippen molar-refractivity contribution >= 4 is 0 Å². The van der Waals surface area contributed by atoms with Crippen LogP contribution in [0.3, 0.4) is 0 Å². The lowest BCUT2D eigenvalue weighted by atomic mass is 9.95. The summed E-state index contributed by atoms with van der Waals surface area (Å²) < 4.78 is 10.5. The van der Waals surface area contributed by atoms with Crippen LogP contribution in [-0.4, -0.2) is 51.1 Å². The van der Waals surface area contributed by atoms with Crippen molar-refractivity contribution in [2.45, 2.75) is 51.4 Å². The standard InChI is InChI=1S/C13H30N2O2/c1-6-7-8-9-15(3)13(2,11-14)10-12(16-4)17-5/h12H,6-11,14H2,1-5H3. The monoisotopic (exact) mass is 246 g/mol. The predicted molar refractivity (Wildman–Crippen MR) is 72.0 cm³/mol. The fraction of sp³-hybridized carbons (Fsp3) is 1.00. The molecule has 0 radical (unpaired) electrons. The van der Waals surface area contributed by atoms with Gasteiger partial charge in [0.05, 0.1) is 0 Å². The van der Waals surface area contributed by atoms with Crippen molar-refractivity contribution < 1.29 is 9.47 Å². The smallest absolute Gasteiger partial charge is 0.158 e. The maximum absolute atomic E-state index is 5.92. The van der Waals surface area contributed by atoms with Gasteiger partial charge in [0, 0.05) is 32.7 Å². The van der Waals surface area contributed by atoms with E-state index in [0.29, 0.717) is 6.54 Å². The number of nitrogens with two attached hydrogens (primary N) is 1. The second-order valence-electron chi connectivity index (χ2n) is 4.93. The molecule has 0 amide bonds. The van der Waals surface area contributed by atoms with Gasteiger partial charge in [0.25, 0.3) is 0 Å². The fourth-order valence-electron chi connectivity index (χ4n) is 1.89. The molecule has 0 spiro atoms. The second kappa shape index (κ2) is 8.86. The van der Waals surface area contributed by atoms with E-state index >= 15 is 0 Å². The van der Waals surface area contributed by atoms with Crippen molar-refractivity contribution in [1.82, 2.24) is 4.90 Å². The molecule has 0 aromatic rings. The molecule has 2 N–H and O–H groups in total. The fourth-order valence-corrected chi connectivity index (χ4v) is 1.89. The van der Waals surface area contributed by atoms with Gasteiger partial charge in [-0.15, -0.1) is 0 Å². The van der Waals surface area contributed by atoms with E-state index in [1.165, 1.54) is 19.3 Å². The summed E-state index contributed by atoms with van der Waals surface area (Å²) in [5.41, 5.74) is 5.85. The number of likely N-dealkylation sites (N-methyl/N-ethyl adjacent to an activating group) is 1. The molecule has 104 valence electrons. The van der Waals surface area contributed by atoms with Gasteiger partial charge < -0.3 is 15.2 Å². The molecule has 0 fully saturated rings. The van der Waals surface area contributed by atoms with Gasteiger partial charge >= 0.3 is 0 Å². The minimum Gasteiger partial charge on any atom is -0.356 e. The zero-order chi connectivity index (χ0) is 13.3. The topological polar surface area (TPSA) is 47.7 Å². The Balaban J connectivity index is 4.31. The Morgan fingerprint density at radius 2 is 1.82 bits per heavy atom. The van der Waals surface area contributed by atoms with Crippen LogP contribution in [0.2, 0.25) is 0 Å². The number of nitrogens with zero attached hydrogens (tertiary/aromatic N) is 1. The van der Waals surface area contributed by atoms with Crippen LogP contribution in [0.5, 0.6) is 0 Å². The van der Waals surface area contributed by atoms with Crippen molar-refractivity contribution in [2.75, 3.05) is 34.4 Å². The van der Waals surface area contributed by atoms with Crippen molar-refractivity contribution in [3.05, 3.63) is 0 Å². The number of ether oxygens (including phenoxy) is 2. The molecule has 0 heterocycles. The van der Waals surface area contributed by atoms with E-state index in [4.69, 9.17) is 15.2 Å². The Bertz CT molecular complexity index is 186. The molecule has 0 aliphatic carbocycles. The first-order valence-electron chi connectivity index (χ1n) is 6.51. The molecule has 17 heavy (non-hydrogen) atoms. The highest BCUT2D eigenvalue weighted by molar-refractivity contribution is 4.86. The molecule has 0 aliphatic heterocycles. The molecule has 0 rings (SSSR count). The van der Waals surface area contributed by atoms with Crippen LogP contribution in [0, 0.1) is 0 Å². The molecule has 0 saturated carbocycles. The predicted octanol–water partition coefficient (Wildman–Crippen LogP) is 1.83. The van der Waals surface area contributed by atoms with E-state index in [0.717, 1.165) is 13.0 Å². The number of methoxy groups -OCH3 is 2. The maximum atomic E-state index is 5.92. The summed E-state index contributed by atoms with van der Waals surface area (Å²) in [5, 5.41) is 0. The van der Waals surface area contributed by atoms with E-state index < -0.39 is 0 Å². The zero-order valence-electron chi connectivity index (χ0n) is 12.2. The SMILES string of the molecule is CCCCCN(C)C(C)(CN)CC(OC)OC. The van der Waals surface area contributed by atoms with Gasteiger partial charge in [-0.1, -0.05) is 19.8 Å². The number of hydrogen-bond donors (Lipinski definition) is 1. The lowest BCUT2D eigenvalue weighted by Gasteiger charge is -2.39. The van der Waals surface area contributed by atoms with Gasteiger partial charge in [-0.3, -0.25) is 4.90 Å². The van der Waals surface area contributed by atoms with Gasteiger partial charge in [-0.2, -0.15) is 0 Å². The summed E-state index contributed by atoms with van der Waals surface area (Å²) in [4.78, 5) is 2.33. The molecular formula is C13H30N2O2. The first-order valence-corrected chi connectivity index (χ1v) is 6.51. The first-order chi connectivity index (χ1) is 8.03. The van der Waals surface area contributed by atoms with E-state index in [2.05, 4.69) is 25.8 Å². The van der Waals surface area contributed by atoms with E-state index in [-0.39, 0.29) is 11.8 Å². The molecule has 1 unspecified atom stereocenters. The minimum atomic E-state index is -0.183. The first kappa shape index (κ1) is 16.8. The molecule has 4 heteroatoms. The average molecular weight is 246 g/mol. The van der Waals surface area contributed by atoms with Crippen molar-refractivity contribution in [2.24, 2.45) is 5.73 Å². The zero-order valence-corrected chi connectivity index (χ0v) is 12.2. The summed E-state index contributed by atoms with van der Waals surface area (Å²) in [6, 6.07) is 0. The van der Waals surface area contributed by atoms with E-state index in [1.807, 2.05) is 0 Å². The molecule has 0 aromatic carbocycles. The molecule has 1 atom stereocenters. The largest absolute Gasteiger partial charge is 0.356 e. The summed E-state index contributed by atoms with van der Waals surface area (Å²) in [7, 11) is 5.47. The van der Waals surface area contributed by atoms with Gasteiger partial charge in [-0.25, -0.2) is 0 Å². The molecule has 4 nitrogen and oxygen atoms in total. The number of rotatable bonds is 10. The van der Waals surface area contributed by atoms with Crippen molar-refractivity contribution in [1.29, 1.82) is 0 Å². The third-order valence-corrected chi connectivity index (χ3v) is 3.59. The summed E-state index contributed by atoms with van der Waals surface area (Å²) in [5.74, 6) is 0. The van der Waals surface area contributed by atoms with Gasteiger partial charge in [0.1, 0.15) is 0 Å². The van der Waals surface area contributed by atoms with Crippen LogP contribution in [0.25, 0.3) is 0 Å². The highest BCUT2D eigenvalue weighted by Crippen LogP contribution is 2.21. The van der Waals surface area contributed by atoms with Crippen LogP contribution in [0.1, 0.15) is 39.5 Å². The number of hydrogen-bond acceptors (Lipinski definition) is 4. The Labute approximate surface area is 106 Å². The quantitative estimate of drug-likeness (QED) is 0.472. The van der Waals surface area contributed by atoms with Crippen molar-refractivity contribution in [3.8, 4) is 0 Å². The van der Waals surface area contributed by atoms with Crippen LogP contribution in [-0.2, 0) is 9.47 Å². The molecular weight excluding hydrogens is 216 g/mol. The van der Waals surface area contributed by atoms with E-state index in [9.17, 15) is 0 Å². The Hall–Kier alpha value is -0.160. The van der Waals surface area contributed by atoms with Crippen molar-refractivity contribution in [3.63, 3.8) is 0 Å². The molecule has 0 bridgehead atoms. The Morgan fingerprint density at radius 1 is 1.24 bits per heavy atom. The third kappa shape index (κ3) is 5.82. The van der Waals surface area contributed by atoms with E-state index in [1.54, 1.807) is 14.2 Å². The van der Waals surface area contributed by atoms with Crippen LogP contribution < -0.4 is 5.73 Å². The third-order valence-electron chi connectivity index (χ3n) is 3.59. The summed E-state index contributed by atoms with van der Waals surface area (Å²) in [6.07, 6.45) is 4.33. The normalized spacial score (nSPS) is 15.5. The van der Waals surface area contributed by atoms with Gasteiger partial charge in [-0.05, 0) is 26.9 Å². The molecule has 0 aromatic heterocycles. The van der Waals surface area contributed by atoms with Crippen LogP contribution in [0.15, 0.2) is 0 Å². The second-order valence-corrected chi connectivity index (χ2v) is 4.93. The highest BCUT2D eigenvalue weighted by Gasteiger charge is 2.30. The lowest BCUT2D eigenvalue weighted by Crippen LogP contribution is -2.52. The number of unbranched alkanes of at least 4 members (excludes halogenated alkanes) is 2. The Kier molecular flexibility index (Phi) is 8.78. The van der Waals surface area contributed by atoms with Crippen LogP contribution >= 0.6 is 0 Å². The average Bonchev–Trinajstić information content (AvgIpc) is 2.35. The van der Waals surface area contributed by atoms with Gasteiger partial charge in [0.2, 0.25) is 0 Å². The Morgan fingerprint density at radius 3 is 2.24 bits per heavy atom. The summed E-state index contributed by atoms with van der Waals surface area (Å²) >= 11 is 0. The maximum Gasteiger partial charge on any atom is 0.158 e. The summed E-state index contributed by atoms with van der Waals surface area (Å²) in [6.45, 7) is 6.07.